The molecular formula is C10H11NO3. The van der Waals surface area contributed by atoms with Gasteiger partial charge in [0.1, 0.15) is 0 Å². The van der Waals surface area contributed by atoms with Crippen LogP contribution in [-0.2, 0) is 0 Å². The second-order valence-electron chi connectivity index (χ2n) is 3.68. The molecule has 0 aromatic carbocycles. The van der Waals surface area contributed by atoms with Crippen molar-refractivity contribution in [2.75, 3.05) is 0 Å². The number of aromatic amines is 1. The lowest BCUT2D eigenvalue weighted by Gasteiger charge is -2.06. The highest BCUT2D eigenvalue weighted by molar-refractivity contribution is 5.90. The Kier molecular flexibility index (Phi) is 1.91. The van der Waals surface area contributed by atoms with E-state index in [2.05, 4.69) is 4.98 Å². The molecule has 1 aromatic rings. The lowest BCUT2D eigenvalue weighted by Crippen LogP contribution is -2.15. The predicted molar refractivity (Wildman–Crippen MR) is 50.7 cm³/mol. The van der Waals surface area contributed by atoms with Gasteiger partial charge in [0.15, 0.2) is 0 Å². The number of nitrogens with one attached hydrogen (secondary N) is 1. The Labute approximate surface area is 80.6 Å². The van der Waals surface area contributed by atoms with Crippen molar-refractivity contribution in [3.05, 3.63) is 33.2 Å². The second kappa shape index (κ2) is 2.97. The molecule has 0 aliphatic heterocycles. The number of aromatic nitrogens is 1. The van der Waals surface area contributed by atoms with Crippen LogP contribution in [0.5, 0.6) is 0 Å². The van der Waals surface area contributed by atoms with Crippen molar-refractivity contribution in [1.82, 2.24) is 4.98 Å². The fourth-order valence-electron chi connectivity index (χ4n) is 1.67. The van der Waals surface area contributed by atoms with Crippen LogP contribution in [0, 0.1) is 6.92 Å². The minimum atomic E-state index is -0.958. The Morgan fingerprint density at radius 2 is 2.21 bits per heavy atom. The Morgan fingerprint density at radius 1 is 1.57 bits per heavy atom. The second-order valence-corrected chi connectivity index (χ2v) is 3.68. The lowest BCUT2D eigenvalue weighted by atomic mass is 10.1. The highest BCUT2D eigenvalue weighted by atomic mass is 16.4. The smallest absolute Gasteiger partial charge is 0.337 e. The standard InChI is InChI=1S/C10H11NO3/c1-5-4-7(12)11-9(6-2-3-6)8(5)10(13)14/h4,6H,2-3H2,1H3,(H,11,12)(H,13,14). The summed E-state index contributed by atoms with van der Waals surface area (Å²) in [6, 6.07) is 1.33. The molecule has 1 aromatic heterocycles. The zero-order chi connectivity index (χ0) is 10.3. The van der Waals surface area contributed by atoms with Crippen molar-refractivity contribution in [2.45, 2.75) is 25.7 Å². The average molecular weight is 193 g/mol. The van der Waals surface area contributed by atoms with Gasteiger partial charge in [-0.15, -0.1) is 0 Å². The maximum absolute atomic E-state index is 11.2. The number of aryl methyl sites for hydroxylation is 1. The van der Waals surface area contributed by atoms with E-state index in [1.807, 2.05) is 0 Å². The third-order valence-corrected chi connectivity index (χ3v) is 2.47. The van der Waals surface area contributed by atoms with Gasteiger partial charge in [0, 0.05) is 17.7 Å². The number of H-pyrrole nitrogens is 1. The molecular weight excluding hydrogens is 182 g/mol. The van der Waals surface area contributed by atoms with Crippen molar-refractivity contribution in [1.29, 1.82) is 0 Å². The molecule has 1 heterocycles. The van der Waals surface area contributed by atoms with E-state index in [9.17, 15) is 9.59 Å². The third-order valence-electron chi connectivity index (χ3n) is 2.47. The molecule has 1 aliphatic carbocycles. The number of aromatic carboxylic acids is 1. The van der Waals surface area contributed by atoms with Crippen LogP contribution >= 0.6 is 0 Å². The Hall–Kier alpha value is -1.58. The Balaban J connectivity index is 2.64. The highest BCUT2D eigenvalue weighted by Crippen LogP contribution is 2.40. The summed E-state index contributed by atoms with van der Waals surface area (Å²) in [5.41, 5.74) is 1.20. The number of hydrogen-bond donors (Lipinski definition) is 2. The molecule has 1 saturated carbocycles. The number of pyridine rings is 1. The molecule has 0 amide bonds. The van der Waals surface area contributed by atoms with Gasteiger partial charge in [0.05, 0.1) is 5.56 Å². The first-order valence-electron chi connectivity index (χ1n) is 4.56. The van der Waals surface area contributed by atoms with Crippen LogP contribution in [0.15, 0.2) is 10.9 Å². The van der Waals surface area contributed by atoms with Gasteiger partial charge in [0.2, 0.25) is 5.56 Å². The van der Waals surface area contributed by atoms with Crippen LogP contribution in [-0.4, -0.2) is 16.1 Å². The summed E-state index contributed by atoms with van der Waals surface area (Å²) < 4.78 is 0. The monoisotopic (exact) mass is 193 g/mol. The Morgan fingerprint density at radius 3 is 2.71 bits per heavy atom. The predicted octanol–water partition coefficient (Wildman–Crippen LogP) is 1.26. The van der Waals surface area contributed by atoms with Crippen LogP contribution in [0.3, 0.4) is 0 Å². The maximum Gasteiger partial charge on any atom is 0.337 e. The summed E-state index contributed by atoms with van der Waals surface area (Å²) in [4.78, 5) is 24.8. The summed E-state index contributed by atoms with van der Waals surface area (Å²) in [6.07, 6.45) is 1.94. The van der Waals surface area contributed by atoms with Crippen molar-refractivity contribution >= 4 is 5.97 Å². The van der Waals surface area contributed by atoms with Crippen LogP contribution in [0.2, 0.25) is 0 Å². The van der Waals surface area contributed by atoms with E-state index in [1.54, 1.807) is 6.92 Å². The zero-order valence-corrected chi connectivity index (χ0v) is 7.83. The highest BCUT2D eigenvalue weighted by Gasteiger charge is 2.30. The van der Waals surface area contributed by atoms with Crippen LogP contribution in [0.4, 0.5) is 0 Å². The van der Waals surface area contributed by atoms with Crippen molar-refractivity contribution in [2.24, 2.45) is 0 Å². The number of rotatable bonds is 2. The quantitative estimate of drug-likeness (QED) is 0.742. The molecule has 1 fully saturated rings. The summed E-state index contributed by atoms with van der Waals surface area (Å²) in [6.45, 7) is 1.66. The summed E-state index contributed by atoms with van der Waals surface area (Å²) in [7, 11) is 0. The largest absolute Gasteiger partial charge is 0.478 e. The first kappa shape index (κ1) is 8.99. The number of carbonyl (C=O) groups is 1. The van der Waals surface area contributed by atoms with E-state index >= 15 is 0 Å². The van der Waals surface area contributed by atoms with Gasteiger partial charge >= 0.3 is 5.97 Å². The van der Waals surface area contributed by atoms with Gasteiger partial charge < -0.3 is 10.1 Å². The van der Waals surface area contributed by atoms with E-state index in [1.165, 1.54) is 6.07 Å². The van der Waals surface area contributed by atoms with Crippen molar-refractivity contribution in [3.8, 4) is 0 Å². The number of hydrogen-bond acceptors (Lipinski definition) is 2. The Bertz CT molecular complexity index is 443. The molecule has 0 spiro atoms. The molecule has 4 nitrogen and oxygen atoms in total. The molecule has 1 aliphatic rings. The average Bonchev–Trinajstić information content (AvgIpc) is 2.82. The van der Waals surface area contributed by atoms with E-state index in [-0.39, 0.29) is 17.0 Å². The first-order valence-corrected chi connectivity index (χ1v) is 4.56. The molecule has 14 heavy (non-hydrogen) atoms. The first-order chi connectivity index (χ1) is 6.59. The molecule has 2 rings (SSSR count). The van der Waals surface area contributed by atoms with E-state index in [4.69, 9.17) is 5.11 Å². The van der Waals surface area contributed by atoms with Gasteiger partial charge in [-0.3, -0.25) is 4.79 Å². The fourth-order valence-corrected chi connectivity index (χ4v) is 1.67. The molecule has 0 saturated heterocycles. The van der Waals surface area contributed by atoms with Crippen LogP contribution in [0.25, 0.3) is 0 Å². The van der Waals surface area contributed by atoms with E-state index < -0.39 is 5.97 Å². The van der Waals surface area contributed by atoms with Gasteiger partial charge in [-0.25, -0.2) is 4.79 Å². The zero-order valence-electron chi connectivity index (χ0n) is 7.83. The third kappa shape index (κ3) is 1.43. The van der Waals surface area contributed by atoms with Crippen LogP contribution < -0.4 is 5.56 Å². The molecule has 0 atom stereocenters. The van der Waals surface area contributed by atoms with Gasteiger partial charge in [0.25, 0.3) is 0 Å². The van der Waals surface area contributed by atoms with Gasteiger partial charge in [-0.2, -0.15) is 0 Å². The molecule has 2 N–H and O–H groups in total. The fraction of sp³-hybridized carbons (Fsp3) is 0.400. The summed E-state index contributed by atoms with van der Waals surface area (Å²) in [5, 5.41) is 8.99. The molecule has 0 bridgehead atoms. The lowest BCUT2D eigenvalue weighted by molar-refractivity contribution is 0.0694. The molecule has 0 radical (unpaired) electrons. The maximum atomic E-state index is 11.2. The molecule has 74 valence electrons. The van der Waals surface area contributed by atoms with Crippen LogP contribution in [0.1, 0.15) is 40.4 Å². The topological polar surface area (TPSA) is 70.2 Å². The van der Waals surface area contributed by atoms with Gasteiger partial charge in [-0.05, 0) is 25.3 Å². The SMILES string of the molecule is Cc1cc(=O)[nH]c(C2CC2)c1C(=O)O. The summed E-state index contributed by atoms with van der Waals surface area (Å²) >= 11 is 0. The van der Waals surface area contributed by atoms with Gasteiger partial charge in [-0.1, -0.05) is 0 Å². The molecule has 0 unspecified atom stereocenters. The summed E-state index contributed by atoms with van der Waals surface area (Å²) in [5.74, 6) is -0.714. The number of carboxylic acid groups (broad SMARTS) is 1. The van der Waals surface area contributed by atoms with Crippen molar-refractivity contribution in [3.63, 3.8) is 0 Å². The van der Waals surface area contributed by atoms with E-state index in [0.29, 0.717) is 11.3 Å². The number of carboxylic acids is 1. The molecule has 4 heteroatoms. The van der Waals surface area contributed by atoms with Crippen molar-refractivity contribution < 1.29 is 9.90 Å². The normalized spacial score (nSPS) is 15.5. The minimum Gasteiger partial charge on any atom is -0.478 e. The van der Waals surface area contributed by atoms with E-state index in [0.717, 1.165) is 12.8 Å². The minimum absolute atomic E-state index is 0.214.